The molecule has 0 unspecified atom stereocenters. The highest BCUT2D eigenvalue weighted by atomic mass is 16.5. The Balaban J connectivity index is 1.75. The summed E-state index contributed by atoms with van der Waals surface area (Å²) in [4.78, 5) is 13.2. The first kappa shape index (κ1) is 19.4. The van der Waals surface area contributed by atoms with Gasteiger partial charge >= 0.3 is 0 Å². The molecular weight excluding hydrogens is 342 g/mol. The van der Waals surface area contributed by atoms with Gasteiger partial charge in [0.25, 0.3) is 0 Å². The maximum Gasteiger partial charge on any atom is 0.222 e. The molecule has 0 spiro atoms. The second-order valence-electron chi connectivity index (χ2n) is 6.85. The molecule has 1 fully saturated rings. The Labute approximate surface area is 160 Å². The van der Waals surface area contributed by atoms with Crippen LogP contribution in [0.25, 0.3) is 0 Å². The molecule has 0 radical (unpaired) electrons. The number of anilines is 2. The Bertz CT molecular complexity index is 735. The number of aryl methyl sites for hydroxylation is 1. The molecule has 0 saturated carbocycles. The van der Waals surface area contributed by atoms with E-state index in [4.69, 9.17) is 10.5 Å². The summed E-state index contributed by atoms with van der Waals surface area (Å²) in [5.41, 5.74) is 7.86. The third-order valence-corrected chi connectivity index (χ3v) is 4.89. The number of nitrogen functional groups attached to an aromatic ring is 1. The second kappa shape index (κ2) is 9.01. The van der Waals surface area contributed by atoms with Crippen LogP contribution in [0.2, 0.25) is 0 Å². The van der Waals surface area contributed by atoms with E-state index in [0.717, 1.165) is 43.4 Å². The quantitative estimate of drug-likeness (QED) is 0.768. The van der Waals surface area contributed by atoms with Crippen molar-refractivity contribution in [1.29, 1.82) is 0 Å². The summed E-state index contributed by atoms with van der Waals surface area (Å²) in [6, 6.07) is 10.4. The maximum absolute atomic E-state index is 9.57. The van der Waals surface area contributed by atoms with Gasteiger partial charge in [-0.15, -0.1) is 0 Å². The summed E-state index contributed by atoms with van der Waals surface area (Å²) < 4.78 is 5.77. The van der Waals surface area contributed by atoms with E-state index in [9.17, 15) is 5.11 Å². The molecule has 0 bridgehead atoms. The molecule has 3 rings (SSSR count). The third kappa shape index (κ3) is 4.87. The lowest BCUT2D eigenvalue weighted by atomic mass is 10.1. The lowest BCUT2D eigenvalue weighted by molar-refractivity contribution is 0.134. The molecule has 1 aliphatic heterocycles. The number of piperazine rings is 1. The number of nitrogens with zero attached hydrogens (tertiary/aromatic N) is 4. The first-order valence-electron chi connectivity index (χ1n) is 9.52. The first-order chi connectivity index (χ1) is 13.1. The minimum atomic E-state index is 0.160. The minimum Gasteiger partial charge on any atom is -0.494 e. The SMILES string of the molecule is CCOc1ccccc1CN1CCN(c2cc(C)nc(N)n2)C[C@@H]1CCO. The number of hydrogen-bond acceptors (Lipinski definition) is 7. The van der Waals surface area contributed by atoms with Crippen LogP contribution in [0.5, 0.6) is 5.75 Å². The van der Waals surface area contributed by atoms with E-state index in [1.165, 1.54) is 5.56 Å². The van der Waals surface area contributed by atoms with Crippen molar-refractivity contribution in [2.75, 3.05) is 43.5 Å². The summed E-state index contributed by atoms with van der Waals surface area (Å²) in [5.74, 6) is 2.10. The third-order valence-electron chi connectivity index (χ3n) is 4.89. The van der Waals surface area contributed by atoms with Crippen molar-refractivity contribution >= 4 is 11.8 Å². The van der Waals surface area contributed by atoms with Crippen LogP contribution in [0.3, 0.4) is 0 Å². The number of aliphatic hydroxyl groups is 1. The number of aliphatic hydroxyl groups excluding tert-OH is 1. The maximum atomic E-state index is 9.57. The zero-order valence-corrected chi connectivity index (χ0v) is 16.1. The number of benzene rings is 1. The van der Waals surface area contributed by atoms with Gasteiger partial charge in [0.2, 0.25) is 5.95 Å². The van der Waals surface area contributed by atoms with Crippen LogP contribution in [-0.4, -0.2) is 58.9 Å². The fraction of sp³-hybridized carbons (Fsp3) is 0.500. The number of ether oxygens (including phenoxy) is 1. The highest BCUT2D eigenvalue weighted by Gasteiger charge is 2.28. The molecule has 7 heteroatoms. The minimum absolute atomic E-state index is 0.160. The Morgan fingerprint density at radius 2 is 2.07 bits per heavy atom. The molecule has 1 aliphatic rings. The van der Waals surface area contributed by atoms with Crippen LogP contribution >= 0.6 is 0 Å². The standard InChI is InChI=1S/C20H29N5O2/c1-3-27-18-7-5-4-6-16(18)13-24-9-10-25(14-17(24)8-11-26)19-12-15(2)22-20(21)23-19/h4-7,12,17,26H,3,8-11,13-14H2,1-2H3,(H2,21,22,23)/t17-/m0/s1. The average Bonchev–Trinajstić information content (AvgIpc) is 2.64. The smallest absolute Gasteiger partial charge is 0.222 e. The summed E-state index contributed by atoms with van der Waals surface area (Å²) in [6.07, 6.45) is 0.715. The van der Waals surface area contributed by atoms with Gasteiger partial charge in [0.15, 0.2) is 0 Å². The number of nitrogens with two attached hydrogens (primary N) is 1. The molecule has 2 heterocycles. The number of aromatic nitrogens is 2. The lowest BCUT2D eigenvalue weighted by Gasteiger charge is -2.42. The molecule has 1 atom stereocenters. The van der Waals surface area contributed by atoms with Crippen molar-refractivity contribution in [1.82, 2.24) is 14.9 Å². The van der Waals surface area contributed by atoms with Gasteiger partial charge in [-0.05, 0) is 26.3 Å². The molecular formula is C20H29N5O2. The van der Waals surface area contributed by atoms with Gasteiger partial charge in [0, 0.05) is 56.2 Å². The molecule has 2 aromatic rings. The highest BCUT2D eigenvalue weighted by Crippen LogP contribution is 2.25. The van der Waals surface area contributed by atoms with Crippen LogP contribution in [0, 0.1) is 6.92 Å². The lowest BCUT2D eigenvalue weighted by Crippen LogP contribution is -2.53. The molecule has 7 nitrogen and oxygen atoms in total. The Hall–Kier alpha value is -2.38. The van der Waals surface area contributed by atoms with Crippen LogP contribution in [0.1, 0.15) is 24.6 Å². The highest BCUT2D eigenvalue weighted by molar-refractivity contribution is 5.44. The second-order valence-corrected chi connectivity index (χ2v) is 6.85. The number of para-hydroxylation sites is 1. The fourth-order valence-corrected chi connectivity index (χ4v) is 3.62. The number of rotatable bonds is 7. The summed E-state index contributed by atoms with van der Waals surface area (Å²) in [5, 5.41) is 9.57. The molecule has 0 amide bonds. The van der Waals surface area contributed by atoms with Gasteiger partial charge in [-0.2, -0.15) is 4.98 Å². The summed E-state index contributed by atoms with van der Waals surface area (Å²) >= 11 is 0. The van der Waals surface area contributed by atoms with E-state index in [1.54, 1.807) is 0 Å². The van der Waals surface area contributed by atoms with Crippen molar-refractivity contribution in [2.24, 2.45) is 0 Å². The van der Waals surface area contributed by atoms with Gasteiger partial charge in [-0.3, -0.25) is 4.90 Å². The largest absolute Gasteiger partial charge is 0.494 e. The van der Waals surface area contributed by atoms with Crippen molar-refractivity contribution in [3.8, 4) is 5.75 Å². The van der Waals surface area contributed by atoms with Crippen LogP contribution in [0.4, 0.5) is 11.8 Å². The van der Waals surface area contributed by atoms with Crippen LogP contribution in [0.15, 0.2) is 30.3 Å². The van der Waals surface area contributed by atoms with Crippen LogP contribution in [-0.2, 0) is 6.54 Å². The van der Waals surface area contributed by atoms with E-state index in [0.29, 0.717) is 19.0 Å². The van der Waals surface area contributed by atoms with Gasteiger partial charge in [0.05, 0.1) is 6.61 Å². The van der Waals surface area contributed by atoms with E-state index in [2.05, 4.69) is 25.8 Å². The van der Waals surface area contributed by atoms with Crippen molar-refractivity contribution < 1.29 is 9.84 Å². The molecule has 1 saturated heterocycles. The topological polar surface area (TPSA) is 87.7 Å². The molecule has 0 aliphatic carbocycles. The molecule has 27 heavy (non-hydrogen) atoms. The van der Waals surface area contributed by atoms with E-state index in [1.807, 2.05) is 38.1 Å². The normalized spacial score (nSPS) is 17.9. The van der Waals surface area contributed by atoms with Crippen molar-refractivity contribution in [3.05, 3.63) is 41.6 Å². The first-order valence-corrected chi connectivity index (χ1v) is 9.52. The average molecular weight is 371 g/mol. The molecule has 1 aromatic carbocycles. The molecule has 146 valence electrons. The molecule has 3 N–H and O–H groups in total. The predicted molar refractivity (Wildman–Crippen MR) is 107 cm³/mol. The Morgan fingerprint density at radius 3 is 2.81 bits per heavy atom. The number of hydrogen-bond donors (Lipinski definition) is 2. The van der Waals surface area contributed by atoms with Gasteiger partial charge in [-0.1, -0.05) is 18.2 Å². The van der Waals surface area contributed by atoms with Gasteiger partial charge in [0.1, 0.15) is 11.6 Å². The zero-order chi connectivity index (χ0) is 19.2. The van der Waals surface area contributed by atoms with Crippen molar-refractivity contribution in [2.45, 2.75) is 32.9 Å². The van der Waals surface area contributed by atoms with Crippen molar-refractivity contribution in [3.63, 3.8) is 0 Å². The van der Waals surface area contributed by atoms with Crippen LogP contribution < -0.4 is 15.4 Å². The summed E-state index contributed by atoms with van der Waals surface area (Å²) in [6.45, 7) is 8.08. The van der Waals surface area contributed by atoms with Gasteiger partial charge < -0.3 is 20.5 Å². The Kier molecular flexibility index (Phi) is 6.47. The predicted octanol–water partition coefficient (Wildman–Crippen LogP) is 1.84. The van der Waals surface area contributed by atoms with E-state index in [-0.39, 0.29) is 12.6 Å². The molecule has 1 aromatic heterocycles. The van der Waals surface area contributed by atoms with Gasteiger partial charge in [-0.25, -0.2) is 4.98 Å². The Morgan fingerprint density at radius 1 is 1.26 bits per heavy atom. The summed E-state index contributed by atoms with van der Waals surface area (Å²) in [7, 11) is 0. The van der Waals surface area contributed by atoms with E-state index < -0.39 is 0 Å². The fourth-order valence-electron chi connectivity index (χ4n) is 3.62. The zero-order valence-electron chi connectivity index (χ0n) is 16.1. The van der Waals surface area contributed by atoms with E-state index >= 15 is 0 Å². The monoisotopic (exact) mass is 371 g/mol.